The lowest BCUT2D eigenvalue weighted by Crippen LogP contribution is -2.49. The summed E-state index contributed by atoms with van der Waals surface area (Å²) < 4.78 is 0. The second-order valence-electron chi connectivity index (χ2n) is 8.82. The van der Waals surface area contributed by atoms with Crippen LogP contribution in [0.3, 0.4) is 0 Å². The number of fused-ring (bicyclic) bond motifs is 1. The lowest BCUT2D eigenvalue weighted by molar-refractivity contribution is -0.142. The van der Waals surface area contributed by atoms with Crippen LogP contribution >= 0.6 is 0 Å². The molecule has 1 saturated carbocycles. The molecule has 3 aliphatic rings. The van der Waals surface area contributed by atoms with Gasteiger partial charge in [0.2, 0.25) is 11.8 Å². The van der Waals surface area contributed by atoms with E-state index in [1.165, 1.54) is 25.7 Å². The Balaban J connectivity index is 1.30. The topological polar surface area (TPSA) is 77.6 Å². The van der Waals surface area contributed by atoms with Crippen LogP contribution < -0.4 is 10.9 Å². The Morgan fingerprint density at radius 3 is 2.93 bits per heavy atom. The van der Waals surface area contributed by atoms with Crippen molar-refractivity contribution in [3.63, 3.8) is 0 Å². The van der Waals surface area contributed by atoms with Crippen molar-refractivity contribution >= 4 is 11.8 Å². The monoisotopic (exact) mass is 399 g/mol. The van der Waals surface area contributed by atoms with Crippen LogP contribution in [0.2, 0.25) is 0 Å². The van der Waals surface area contributed by atoms with E-state index in [0.29, 0.717) is 43.9 Å². The molecule has 29 heavy (non-hydrogen) atoms. The van der Waals surface area contributed by atoms with Crippen LogP contribution in [0, 0.1) is 11.8 Å². The van der Waals surface area contributed by atoms with Crippen molar-refractivity contribution in [3.8, 4) is 0 Å². The molecule has 4 unspecified atom stereocenters. The molecule has 1 aromatic rings. The van der Waals surface area contributed by atoms with Gasteiger partial charge in [-0.15, -0.1) is 0 Å². The maximum absolute atomic E-state index is 13.1. The van der Waals surface area contributed by atoms with Gasteiger partial charge in [-0.3, -0.25) is 25.4 Å². The van der Waals surface area contributed by atoms with E-state index < -0.39 is 0 Å². The van der Waals surface area contributed by atoms with Gasteiger partial charge < -0.3 is 9.80 Å². The molecule has 3 fully saturated rings. The fourth-order valence-corrected chi connectivity index (χ4v) is 5.15. The first-order valence-electron chi connectivity index (χ1n) is 11.1. The van der Waals surface area contributed by atoms with E-state index in [-0.39, 0.29) is 17.7 Å². The number of piperidine rings is 1. The van der Waals surface area contributed by atoms with Gasteiger partial charge in [0.25, 0.3) is 0 Å². The van der Waals surface area contributed by atoms with Gasteiger partial charge in [-0.2, -0.15) is 0 Å². The second-order valence-corrected chi connectivity index (χ2v) is 8.82. The maximum Gasteiger partial charge on any atom is 0.227 e. The van der Waals surface area contributed by atoms with Crippen molar-refractivity contribution in [2.24, 2.45) is 11.8 Å². The van der Waals surface area contributed by atoms with Crippen LogP contribution in [0.25, 0.3) is 0 Å². The summed E-state index contributed by atoms with van der Waals surface area (Å²) in [5, 5.41) is 0. The molecule has 7 heteroatoms. The molecular weight excluding hydrogens is 366 g/mol. The predicted octanol–water partition coefficient (Wildman–Crippen LogP) is 1.36. The molecule has 0 bridgehead atoms. The summed E-state index contributed by atoms with van der Waals surface area (Å²) in [6, 6.07) is 6.70. The average Bonchev–Trinajstić information content (AvgIpc) is 3.16. The van der Waals surface area contributed by atoms with E-state index in [9.17, 15) is 9.59 Å². The van der Waals surface area contributed by atoms with E-state index in [2.05, 4.69) is 15.8 Å². The van der Waals surface area contributed by atoms with Crippen molar-refractivity contribution in [2.75, 3.05) is 26.7 Å². The molecule has 4 rings (SSSR count). The standard InChI is InChI=1S/C22H33N5O2/c1-26(15-20-18-7-2-3-8-19(18)24-25-20)22(29)16-9-10-21(28)27(14-16)13-11-17-6-4-5-12-23-17/h4-6,12,16,18-20,24-25H,2-3,7-11,13-15H2,1H3. The van der Waals surface area contributed by atoms with Crippen molar-refractivity contribution in [2.45, 2.75) is 57.0 Å². The Bertz CT molecular complexity index is 712. The summed E-state index contributed by atoms with van der Waals surface area (Å²) in [6.45, 7) is 1.88. The van der Waals surface area contributed by atoms with E-state index >= 15 is 0 Å². The Labute approximate surface area is 173 Å². The number of likely N-dealkylation sites (tertiary alicyclic amines) is 1. The predicted molar refractivity (Wildman–Crippen MR) is 111 cm³/mol. The quantitative estimate of drug-likeness (QED) is 0.755. The SMILES string of the molecule is CN(CC1NNC2CCCCC21)C(=O)C1CCC(=O)N(CCc2ccccn2)C1. The minimum atomic E-state index is -0.0991. The molecule has 3 heterocycles. The van der Waals surface area contributed by atoms with E-state index in [4.69, 9.17) is 0 Å². The first kappa shape index (κ1) is 20.3. The van der Waals surface area contributed by atoms with Crippen molar-refractivity contribution in [1.29, 1.82) is 0 Å². The molecule has 7 nitrogen and oxygen atoms in total. The largest absolute Gasteiger partial charge is 0.344 e. The number of nitrogens with one attached hydrogen (secondary N) is 2. The molecule has 0 radical (unpaired) electrons. The van der Waals surface area contributed by atoms with Crippen LogP contribution in [0.15, 0.2) is 24.4 Å². The minimum Gasteiger partial charge on any atom is -0.344 e. The summed E-state index contributed by atoms with van der Waals surface area (Å²) in [5.41, 5.74) is 7.84. The van der Waals surface area contributed by atoms with E-state index in [0.717, 1.165) is 18.7 Å². The van der Waals surface area contributed by atoms with Crippen LogP contribution in [0.4, 0.5) is 0 Å². The molecule has 4 atom stereocenters. The number of amides is 2. The van der Waals surface area contributed by atoms with Crippen LogP contribution in [-0.4, -0.2) is 65.4 Å². The third-order valence-corrected chi connectivity index (χ3v) is 6.85. The van der Waals surface area contributed by atoms with Crippen molar-refractivity contribution in [1.82, 2.24) is 25.6 Å². The number of pyridine rings is 1. The maximum atomic E-state index is 13.1. The Morgan fingerprint density at radius 1 is 1.24 bits per heavy atom. The smallest absolute Gasteiger partial charge is 0.227 e. The molecule has 1 aliphatic carbocycles. The number of hydrogen-bond acceptors (Lipinski definition) is 5. The van der Waals surface area contributed by atoms with Crippen LogP contribution in [-0.2, 0) is 16.0 Å². The molecular formula is C22H33N5O2. The van der Waals surface area contributed by atoms with Crippen molar-refractivity contribution < 1.29 is 9.59 Å². The van der Waals surface area contributed by atoms with Crippen LogP contribution in [0.1, 0.15) is 44.2 Å². The number of likely N-dealkylation sites (N-methyl/N-ethyl adjacent to an activating group) is 1. The summed E-state index contributed by atoms with van der Waals surface area (Å²) in [6.07, 6.45) is 8.65. The second kappa shape index (κ2) is 9.22. The normalized spacial score (nSPS) is 29.6. The molecule has 0 aromatic carbocycles. The molecule has 1 aromatic heterocycles. The molecule has 158 valence electrons. The molecule has 2 saturated heterocycles. The van der Waals surface area contributed by atoms with Gasteiger partial charge in [0.15, 0.2) is 0 Å². The van der Waals surface area contributed by atoms with Gasteiger partial charge in [-0.05, 0) is 37.3 Å². The number of hydrazine groups is 1. The van der Waals surface area contributed by atoms with Crippen molar-refractivity contribution in [3.05, 3.63) is 30.1 Å². The summed E-state index contributed by atoms with van der Waals surface area (Å²) >= 11 is 0. The van der Waals surface area contributed by atoms with E-state index in [1.807, 2.05) is 35.0 Å². The lowest BCUT2D eigenvalue weighted by atomic mass is 9.81. The zero-order valence-corrected chi connectivity index (χ0v) is 17.3. The molecule has 0 spiro atoms. The average molecular weight is 400 g/mol. The Kier molecular flexibility index (Phi) is 6.45. The van der Waals surface area contributed by atoms with E-state index in [1.54, 1.807) is 6.20 Å². The number of carbonyl (C=O) groups is 2. The number of nitrogens with zero attached hydrogens (tertiary/aromatic N) is 3. The highest BCUT2D eigenvalue weighted by Crippen LogP contribution is 2.30. The summed E-state index contributed by atoms with van der Waals surface area (Å²) in [4.78, 5) is 33.5. The van der Waals surface area contributed by atoms with Gasteiger partial charge in [0.1, 0.15) is 0 Å². The first-order valence-corrected chi connectivity index (χ1v) is 11.1. The number of carbonyl (C=O) groups excluding carboxylic acids is 2. The van der Waals surface area contributed by atoms with Gasteiger partial charge in [-0.25, -0.2) is 0 Å². The molecule has 2 N–H and O–H groups in total. The zero-order valence-electron chi connectivity index (χ0n) is 17.3. The third kappa shape index (κ3) is 4.78. The number of aromatic nitrogens is 1. The molecule has 2 aliphatic heterocycles. The van der Waals surface area contributed by atoms with Gasteiger partial charge >= 0.3 is 0 Å². The summed E-state index contributed by atoms with van der Waals surface area (Å²) in [5.74, 6) is 0.834. The number of hydrogen-bond donors (Lipinski definition) is 2. The zero-order chi connectivity index (χ0) is 20.2. The Morgan fingerprint density at radius 2 is 2.10 bits per heavy atom. The molecule has 2 amide bonds. The third-order valence-electron chi connectivity index (χ3n) is 6.85. The fraction of sp³-hybridized carbons (Fsp3) is 0.682. The number of rotatable bonds is 6. The summed E-state index contributed by atoms with van der Waals surface area (Å²) in [7, 11) is 1.91. The fourth-order valence-electron chi connectivity index (χ4n) is 5.15. The van der Waals surface area contributed by atoms with Gasteiger partial charge in [-0.1, -0.05) is 18.9 Å². The highest BCUT2D eigenvalue weighted by molar-refractivity contribution is 5.83. The minimum absolute atomic E-state index is 0.0991. The Hall–Kier alpha value is -1.99. The first-order chi connectivity index (χ1) is 14.1. The highest BCUT2D eigenvalue weighted by atomic mass is 16.2. The van der Waals surface area contributed by atoms with Gasteiger partial charge in [0, 0.05) is 63.5 Å². The highest BCUT2D eigenvalue weighted by Gasteiger charge is 2.39. The van der Waals surface area contributed by atoms with Crippen LogP contribution in [0.5, 0.6) is 0 Å². The van der Waals surface area contributed by atoms with Gasteiger partial charge in [0.05, 0.1) is 5.92 Å². The lowest BCUT2D eigenvalue weighted by Gasteiger charge is -2.35.